The van der Waals surface area contributed by atoms with E-state index in [-0.39, 0.29) is 11.7 Å². The number of nitriles is 1. The minimum atomic E-state index is -0.255. The Morgan fingerprint density at radius 3 is 2.57 bits per heavy atom. The first-order valence-corrected chi connectivity index (χ1v) is 10.2. The quantitative estimate of drug-likeness (QED) is 0.520. The van der Waals surface area contributed by atoms with Crippen molar-refractivity contribution >= 4 is 35.0 Å². The summed E-state index contributed by atoms with van der Waals surface area (Å²) < 4.78 is 10.5. The van der Waals surface area contributed by atoms with Crippen molar-refractivity contribution in [2.45, 2.75) is 5.03 Å². The summed E-state index contributed by atoms with van der Waals surface area (Å²) in [6, 6.07) is 18.0. The zero-order valence-corrected chi connectivity index (χ0v) is 17.9. The fraction of sp³-hybridized carbons (Fsp3) is 0.136. The van der Waals surface area contributed by atoms with Crippen LogP contribution in [0.3, 0.4) is 0 Å². The van der Waals surface area contributed by atoms with E-state index in [0.29, 0.717) is 38.5 Å². The zero-order valence-electron chi connectivity index (χ0n) is 16.3. The van der Waals surface area contributed by atoms with Crippen LogP contribution in [0.1, 0.15) is 5.56 Å². The average Bonchev–Trinajstić information content (AvgIpc) is 2.78. The topological polar surface area (TPSA) is 84.2 Å². The van der Waals surface area contributed by atoms with Gasteiger partial charge in [-0.2, -0.15) is 5.26 Å². The van der Waals surface area contributed by atoms with Gasteiger partial charge in [-0.1, -0.05) is 35.5 Å². The number of pyridine rings is 1. The van der Waals surface area contributed by atoms with Crippen LogP contribution < -0.4 is 14.8 Å². The van der Waals surface area contributed by atoms with E-state index < -0.39 is 0 Å². The maximum atomic E-state index is 12.5. The second-order valence-electron chi connectivity index (χ2n) is 6.07. The van der Waals surface area contributed by atoms with Gasteiger partial charge in [0.2, 0.25) is 5.91 Å². The van der Waals surface area contributed by atoms with Crippen LogP contribution in [0.5, 0.6) is 11.5 Å². The van der Waals surface area contributed by atoms with Gasteiger partial charge in [0, 0.05) is 16.7 Å². The molecule has 1 amide bonds. The number of hydrogen-bond donors (Lipinski definition) is 1. The van der Waals surface area contributed by atoms with Crippen LogP contribution in [-0.2, 0) is 4.79 Å². The number of carbonyl (C=O) groups is 1. The van der Waals surface area contributed by atoms with Crippen molar-refractivity contribution in [3.8, 4) is 28.8 Å². The van der Waals surface area contributed by atoms with E-state index in [0.717, 1.165) is 5.56 Å². The van der Waals surface area contributed by atoms with E-state index in [9.17, 15) is 10.1 Å². The van der Waals surface area contributed by atoms with Crippen LogP contribution in [0.2, 0.25) is 5.02 Å². The normalized spacial score (nSPS) is 10.2. The second-order valence-corrected chi connectivity index (χ2v) is 7.47. The molecule has 3 aromatic rings. The Bertz CT molecular complexity index is 1100. The number of rotatable bonds is 7. The summed E-state index contributed by atoms with van der Waals surface area (Å²) in [5, 5.41) is 13.3. The number of thioether (sulfide) groups is 1. The molecule has 6 nitrogen and oxygen atoms in total. The second kappa shape index (κ2) is 10.0. The predicted octanol–water partition coefficient (Wildman–Crippen LogP) is 5.02. The van der Waals surface area contributed by atoms with Crippen molar-refractivity contribution in [3.05, 3.63) is 65.2 Å². The monoisotopic (exact) mass is 439 g/mol. The molecule has 0 unspecified atom stereocenters. The lowest BCUT2D eigenvalue weighted by Crippen LogP contribution is -2.15. The highest BCUT2D eigenvalue weighted by molar-refractivity contribution is 8.00. The molecule has 8 heteroatoms. The Morgan fingerprint density at radius 1 is 1.13 bits per heavy atom. The summed E-state index contributed by atoms with van der Waals surface area (Å²) in [5.74, 6) is 0.943. The Morgan fingerprint density at radius 2 is 1.90 bits per heavy atom. The lowest BCUT2D eigenvalue weighted by atomic mass is 10.1. The highest BCUT2D eigenvalue weighted by atomic mass is 35.5. The summed E-state index contributed by atoms with van der Waals surface area (Å²) >= 11 is 7.13. The van der Waals surface area contributed by atoms with Gasteiger partial charge in [0.1, 0.15) is 22.6 Å². The first kappa shape index (κ1) is 21.5. The van der Waals surface area contributed by atoms with Crippen LogP contribution in [0.4, 0.5) is 5.69 Å². The number of methoxy groups -OCH3 is 2. The fourth-order valence-corrected chi connectivity index (χ4v) is 3.55. The van der Waals surface area contributed by atoms with Crippen molar-refractivity contribution in [2.75, 3.05) is 25.3 Å². The van der Waals surface area contributed by atoms with E-state index in [1.165, 1.54) is 18.9 Å². The van der Waals surface area contributed by atoms with Crippen LogP contribution in [0, 0.1) is 11.3 Å². The lowest BCUT2D eigenvalue weighted by molar-refractivity contribution is -0.113. The Balaban J connectivity index is 1.75. The third kappa shape index (κ3) is 5.23. The molecule has 1 N–H and O–H groups in total. The number of amides is 1. The fourth-order valence-electron chi connectivity index (χ4n) is 2.65. The van der Waals surface area contributed by atoms with Crippen molar-refractivity contribution in [2.24, 2.45) is 0 Å². The Kier molecular flexibility index (Phi) is 7.17. The molecule has 0 radical (unpaired) electrons. The summed E-state index contributed by atoms with van der Waals surface area (Å²) in [4.78, 5) is 17.0. The molecule has 0 aliphatic heterocycles. The van der Waals surface area contributed by atoms with E-state index in [2.05, 4.69) is 16.4 Å². The summed E-state index contributed by atoms with van der Waals surface area (Å²) in [5.41, 5.74) is 2.48. The summed E-state index contributed by atoms with van der Waals surface area (Å²) in [6.07, 6.45) is 0. The van der Waals surface area contributed by atoms with Crippen molar-refractivity contribution < 1.29 is 14.3 Å². The molecule has 30 heavy (non-hydrogen) atoms. The van der Waals surface area contributed by atoms with Crippen LogP contribution in [0.15, 0.2) is 59.6 Å². The molecule has 3 rings (SSSR count). The van der Waals surface area contributed by atoms with E-state index in [1.54, 1.807) is 49.6 Å². The lowest BCUT2D eigenvalue weighted by Gasteiger charge is -2.12. The highest BCUT2D eigenvalue weighted by Crippen LogP contribution is 2.30. The number of hydrogen-bond acceptors (Lipinski definition) is 6. The molecule has 0 spiro atoms. The van der Waals surface area contributed by atoms with Gasteiger partial charge in [-0.15, -0.1) is 0 Å². The molecular formula is C22H18ClN3O3S. The van der Waals surface area contributed by atoms with E-state index >= 15 is 0 Å². The number of anilines is 1. The smallest absolute Gasteiger partial charge is 0.234 e. The molecule has 0 saturated carbocycles. The Labute approximate surface area is 183 Å². The van der Waals surface area contributed by atoms with Crippen LogP contribution >= 0.6 is 23.4 Å². The highest BCUT2D eigenvalue weighted by Gasteiger charge is 2.13. The number of halogens is 1. The molecule has 1 aromatic heterocycles. The van der Waals surface area contributed by atoms with Gasteiger partial charge in [-0.3, -0.25) is 4.79 Å². The van der Waals surface area contributed by atoms with Gasteiger partial charge in [0.15, 0.2) is 0 Å². The average molecular weight is 440 g/mol. The molecule has 152 valence electrons. The van der Waals surface area contributed by atoms with Gasteiger partial charge >= 0.3 is 0 Å². The standard InChI is InChI=1S/C22H18ClN3O3S/c1-28-17-8-10-20(29-2)19(11-17)25-21(27)13-30-22-15(12-24)5-9-18(26-22)14-3-6-16(23)7-4-14/h3-11H,13H2,1-2H3,(H,25,27). The van der Waals surface area contributed by atoms with Crippen LogP contribution in [0.25, 0.3) is 11.3 Å². The Hall–Kier alpha value is -3.21. The third-order valence-electron chi connectivity index (χ3n) is 4.14. The zero-order chi connectivity index (χ0) is 21.5. The number of benzene rings is 2. The minimum Gasteiger partial charge on any atom is -0.497 e. The van der Waals surface area contributed by atoms with E-state index in [1.807, 2.05) is 12.1 Å². The number of nitrogens with one attached hydrogen (secondary N) is 1. The molecule has 0 fully saturated rings. The molecule has 2 aromatic carbocycles. The van der Waals surface area contributed by atoms with Gasteiger partial charge in [-0.25, -0.2) is 4.98 Å². The maximum Gasteiger partial charge on any atom is 0.234 e. The third-order valence-corrected chi connectivity index (χ3v) is 5.38. The van der Waals surface area contributed by atoms with Crippen molar-refractivity contribution in [3.63, 3.8) is 0 Å². The molecule has 0 saturated heterocycles. The molecule has 0 aliphatic rings. The van der Waals surface area contributed by atoms with Gasteiger partial charge < -0.3 is 14.8 Å². The largest absolute Gasteiger partial charge is 0.497 e. The van der Waals surface area contributed by atoms with Crippen molar-refractivity contribution in [1.82, 2.24) is 4.98 Å². The maximum absolute atomic E-state index is 12.5. The molecule has 1 heterocycles. The van der Waals surface area contributed by atoms with E-state index in [4.69, 9.17) is 21.1 Å². The molecular weight excluding hydrogens is 422 g/mol. The summed E-state index contributed by atoms with van der Waals surface area (Å²) in [6.45, 7) is 0. The number of nitrogens with zero attached hydrogens (tertiary/aromatic N) is 2. The van der Waals surface area contributed by atoms with Gasteiger partial charge in [-0.05, 0) is 36.4 Å². The first-order valence-electron chi connectivity index (χ1n) is 8.86. The SMILES string of the molecule is COc1ccc(OC)c(NC(=O)CSc2nc(-c3ccc(Cl)cc3)ccc2C#N)c1. The van der Waals surface area contributed by atoms with Crippen LogP contribution in [-0.4, -0.2) is 30.9 Å². The molecule has 0 atom stereocenters. The van der Waals surface area contributed by atoms with Gasteiger partial charge in [0.25, 0.3) is 0 Å². The minimum absolute atomic E-state index is 0.0755. The number of carbonyl (C=O) groups excluding carboxylic acids is 1. The number of ether oxygens (including phenoxy) is 2. The summed E-state index contributed by atoms with van der Waals surface area (Å²) in [7, 11) is 3.07. The number of aromatic nitrogens is 1. The first-order chi connectivity index (χ1) is 14.5. The molecule has 0 bridgehead atoms. The van der Waals surface area contributed by atoms with Crippen molar-refractivity contribution in [1.29, 1.82) is 5.26 Å². The predicted molar refractivity (Wildman–Crippen MR) is 118 cm³/mol. The molecule has 0 aliphatic carbocycles. The van der Waals surface area contributed by atoms with Gasteiger partial charge in [0.05, 0.1) is 36.9 Å².